The molecule has 0 fully saturated rings. The number of nitrogens with zero attached hydrogens (tertiary/aromatic N) is 4. The van der Waals surface area contributed by atoms with E-state index in [4.69, 9.17) is 27.2 Å². The van der Waals surface area contributed by atoms with Gasteiger partial charge in [0.25, 0.3) is 0 Å². The quantitative estimate of drug-likeness (QED) is 0.379. The van der Waals surface area contributed by atoms with Crippen LogP contribution in [0.25, 0.3) is 5.69 Å². The lowest BCUT2D eigenvalue weighted by Crippen LogP contribution is -2.46. The molecule has 0 aliphatic carbocycles. The van der Waals surface area contributed by atoms with E-state index >= 15 is 0 Å². The first kappa shape index (κ1) is 23.8. The number of amides is 1. The van der Waals surface area contributed by atoms with E-state index in [1.165, 1.54) is 0 Å². The normalized spacial score (nSPS) is 17.8. The molecule has 3 heterocycles. The Morgan fingerprint density at radius 1 is 1.05 bits per heavy atom. The lowest BCUT2D eigenvalue weighted by Gasteiger charge is -2.33. The molecule has 2 aliphatic heterocycles. The molecule has 188 valence electrons. The van der Waals surface area contributed by atoms with E-state index in [1.54, 1.807) is 21.7 Å². The third kappa shape index (κ3) is 3.34. The average molecular weight is 522 g/mol. The van der Waals surface area contributed by atoms with Gasteiger partial charge in [0.2, 0.25) is 17.7 Å². The molecular weight excluding hydrogens is 498 g/mol. The molecule has 38 heavy (non-hydrogen) atoms. The number of rotatable bonds is 5. The van der Waals surface area contributed by atoms with Gasteiger partial charge in [-0.25, -0.2) is 4.68 Å². The summed E-state index contributed by atoms with van der Waals surface area (Å²) < 4.78 is 7.80. The van der Waals surface area contributed by atoms with Crippen molar-refractivity contribution in [3.63, 3.8) is 0 Å². The number of ether oxygens (including phenoxy) is 1. The molecule has 0 saturated carbocycles. The molecule has 1 unspecified atom stereocenters. The lowest BCUT2D eigenvalue weighted by atomic mass is 9.68. The van der Waals surface area contributed by atoms with Crippen molar-refractivity contribution in [2.75, 3.05) is 4.90 Å². The maximum atomic E-state index is 14.8. The van der Waals surface area contributed by atoms with Crippen LogP contribution in [-0.4, -0.2) is 15.7 Å². The molecule has 0 radical (unpaired) electrons. The van der Waals surface area contributed by atoms with Gasteiger partial charge in [-0.05, 0) is 42.3 Å². The minimum atomic E-state index is -1.48. The zero-order valence-electron chi connectivity index (χ0n) is 20.7. The van der Waals surface area contributed by atoms with Crippen molar-refractivity contribution in [1.82, 2.24) is 9.78 Å². The predicted molar refractivity (Wildman–Crippen MR) is 145 cm³/mol. The van der Waals surface area contributed by atoms with Crippen LogP contribution in [0.15, 0.2) is 90.3 Å². The highest BCUT2D eigenvalue weighted by Crippen LogP contribution is 2.56. The summed E-state index contributed by atoms with van der Waals surface area (Å²) in [5, 5.41) is 16.0. The Hall–Kier alpha value is -4.54. The van der Waals surface area contributed by atoms with Crippen molar-refractivity contribution < 1.29 is 9.53 Å². The number of para-hydroxylation sites is 2. The second-order valence-electron chi connectivity index (χ2n) is 9.36. The molecular formula is C30H24ClN5O2. The number of anilines is 1. The highest BCUT2D eigenvalue weighted by atomic mass is 35.5. The van der Waals surface area contributed by atoms with Crippen LogP contribution in [0.2, 0.25) is 5.02 Å². The van der Waals surface area contributed by atoms with Crippen molar-refractivity contribution in [3.8, 4) is 17.6 Å². The molecule has 7 nitrogen and oxygen atoms in total. The highest BCUT2D eigenvalue weighted by Gasteiger charge is 2.61. The van der Waals surface area contributed by atoms with E-state index < -0.39 is 5.41 Å². The molecule has 6 rings (SSSR count). The molecule has 2 aliphatic rings. The minimum absolute atomic E-state index is 0.0750. The first-order chi connectivity index (χ1) is 18.5. The van der Waals surface area contributed by atoms with E-state index in [-0.39, 0.29) is 17.4 Å². The first-order valence-electron chi connectivity index (χ1n) is 12.4. The van der Waals surface area contributed by atoms with Crippen LogP contribution < -0.4 is 15.4 Å². The van der Waals surface area contributed by atoms with Crippen LogP contribution >= 0.6 is 11.6 Å². The first-order valence-corrected chi connectivity index (χ1v) is 12.8. The van der Waals surface area contributed by atoms with Gasteiger partial charge in [0.05, 0.1) is 23.5 Å². The Bertz CT molecular complexity index is 1640. The average Bonchev–Trinajstić information content (AvgIpc) is 3.40. The summed E-state index contributed by atoms with van der Waals surface area (Å²) in [6, 6.07) is 26.7. The number of halogens is 1. The van der Waals surface area contributed by atoms with Crippen molar-refractivity contribution in [2.45, 2.75) is 31.7 Å². The Labute approximate surface area is 225 Å². The lowest BCUT2D eigenvalue weighted by molar-refractivity contribution is -0.121. The van der Waals surface area contributed by atoms with Crippen LogP contribution in [0, 0.1) is 11.3 Å². The molecule has 1 atom stereocenters. The van der Waals surface area contributed by atoms with E-state index in [0.29, 0.717) is 40.7 Å². The van der Waals surface area contributed by atoms with Crippen LogP contribution in [0.5, 0.6) is 5.88 Å². The molecule has 3 aromatic carbocycles. The van der Waals surface area contributed by atoms with Crippen LogP contribution in [0.3, 0.4) is 0 Å². The topological polar surface area (TPSA) is 97.2 Å². The molecule has 0 bridgehead atoms. The molecule has 0 saturated heterocycles. The minimum Gasteiger partial charge on any atom is -0.422 e. The number of benzene rings is 3. The molecule has 1 aromatic heterocycles. The summed E-state index contributed by atoms with van der Waals surface area (Å²) in [5.41, 5.74) is 9.38. The Morgan fingerprint density at radius 3 is 2.47 bits per heavy atom. The van der Waals surface area contributed by atoms with Gasteiger partial charge in [0, 0.05) is 16.3 Å². The zero-order valence-corrected chi connectivity index (χ0v) is 21.4. The van der Waals surface area contributed by atoms with E-state index in [1.807, 2.05) is 66.7 Å². The van der Waals surface area contributed by atoms with E-state index in [2.05, 4.69) is 13.0 Å². The molecule has 8 heteroatoms. The van der Waals surface area contributed by atoms with Crippen LogP contribution in [0.1, 0.15) is 35.7 Å². The number of hydrogen-bond acceptors (Lipinski definition) is 5. The summed E-state index contributed by atoms with van der Waals surface area (Å²) in [6.45, 7) is 2.36. The maximum Gasteiger partial charge on any atom is 0.248 e. The SMILES string of the molecule is CCCc1nn(-c2ccccc2)c2c1C1(C(=O)N(Cc3ccc(Cl)cc3)c3ccccc31)C(C#N)=C(N)O2. The fraction of sp³-hybridized carbons (Fsp3) is 0.167. The fourth-order valence-corrected chi connectivity index (χ4v) is 5.67. The van der Waals surface area contributed by atoms with Crippen molar-refractivity contribution in [1.29, 1.82) is 5.26 Å². The predicted octanol–water partition coefficient (Wildman–Crippen LogP) is 5.40. The molecule has 4 aromatic rings. The summed E-state index contributed by atoms with van der Waals surface area (Å²) in [5.74, 6) is -0.00747. The number of aromatic nitrogens is 2. The molecule has 1 spiro atoms. The van der Waals surface area contributed by atoms with Crippen molar-refractivity contribution in [3.05, 3.63) is 118 Å². The van der Waals surface area contributed by atoms with Gasteiger partial charge in [-0.3, -0.25) is 4.79 Å². The summed E-state index contributed by atoms with van der Waals surface area (Å²) >= 11 is 6.11. The maximum absolute atomic E-state index is 14.8. The second kappa shape index (κ2) is 9.09. The Morgan fingerprint density at radius 2 is 1.76 bits per heavy atom. The number of aryl methyl sites for hydroxylation is 1. The number of hydrogen-bond donors (Lipinski definition) is 1. The van der Waals surface area contributed by atoms with Crippen LogP contribution in [-0.2, 0) is 23.2 Å². The third-order valence-electron chi connectivity index (χ3n) is 7.14. The van der Waals surface area contributed by atoms with Gasteiger partial charge in [0.15, 0.2) is 0 Å². The van der Waals surface area contributed by atoms with E-state index in [9.17, 15) is 10.1 Å². The number of nitriles is 1. The number of fused-ring (bicyclic) bond motifs is 4. The third-order valence-corrected chi connectivity index (χ3v) is 7.39. The smallest absolute Gasteiger partial charge is 0.248 e. The van der Waals surface area contributed by atoms with E-state index in [0.717, 1.165) is 23.4 Å². The number of carbonyl (C=O) groups excluding carboxylic acids is 1. The van der Waals surface area contributed by atoms with Gasteiger partial charge in [-0.15, -0.1) is 0 Å². The van der Waals surface area contributed by atoms with Crippen LogP contribution in [0.4, 0.5) is 5.69 Å². The number of carbonyl (C=O) groups is 1. The fourth-order valence-electron chi connectivity index (χ4n) is 5.54. The number of nitrogens with two attached hydrogens (primary N) is 1. The van der Waals surface area contributed by atoms with Gasteiger partial charge in [-0.2, -0.15) is 10.4 Å². The molecule has 1 amide bonds. The summed E-state index contributed by atoms with van der Waals surface area (Å²) in [4.78, 5) is 16.5. The van der Waals surface area contributed by atoms with Gasteiger partial charge in [-0.1, -0.05) is 73.5 Å². The molecule has 2 N–H and O–H groups in total. The standard InChI is InChI=1S/C30H24ClN5O2/c1-2-8-24-26-28(36(34-24)21-9-4-3-5-10-21)38-27(33)23(17-32)30(26)22-11-6-7-12-25(22)35(29(30)37)18-19-13-15-20(31)16-14-19/h3-7,9-16H,2,8,18,33H2,1H3. The Balaban J connectivity index is 1.64. The summed E-state index contributed by atoms with van der Waals surface area (Å²) in [7, 11) is 0. The monoisotopic (exact) mass is 521 g/mol. The second-order valence-corrected chi connectivity index (χ2v) is 9.80. The zero-order chi connectivity index (χ0) is 26.4. The Kier molecular flexibility index (Phi) is 5.70. The van der Waals surface area contributed by atoms with Gasteiger partial charge < -0.3 is 15.4 Å². The van der Waals surface area contributed by atoms with Gasteiger partial charge >= 0.3 is 0 Å². The van der Waals surface area contributed by atoms with Crippen molar-refractivity contribution >= 4 is 23.2 Å². The summed E-state index contributed by atoms with van der Waals surface area (Å²) in [6.07, 6.45) is 1.39. The van der Waals surface area contributed by atoms with Crippen molar-refractivity contribution in [2.24, 2.45) is 5.73 Å². The highest BCUT2D eigenvalue weighted by molar-refractivity contribution is 6.30. The largest absolute Gasteiger partial charge is 0.422 e. The van der Waals surface area contributed by atoms with Gasteiger partial charge in [0.1, 0.15) is 17.1 Å².